The van der Waals surface area contributed by atoms with Gasteiger partial charge in [0.05, 0.1) is 11.9 Å². The first kappa shape index (κ1) is 14.2. The first-order chi connectivity index (χ1) is 10.6. The number of anilines is 3. The molecule has 1 aromatic heterocycles. The highest BCUT2D eigenvalue weighted by Crippen LogP contribution is 2.35. The van der Waals surface area contributed by atoms with Crippen molar-refractivity contribution in [1.82, 2.24) is 4.98 Å². The van der Waals surface area contributed by atoms with Crippen molar-refractivity contribution in [3.63, 3.8) is 0 Å². The van der Waals surface area contributed by atoms with E-state index in [2.05, 4.69) is 15.6 Å². The van der Waals surface area contributed by atoms with E-state index in [1.807, 2.05) is 38.1 Å². The van der Waals surface area contributed by atoms with E-state index >= 15 is 0 Å². The van der Waals surface area contributed by atoms with E-state index in [-0.39, 0.29) is 18.6 Å². The summed E-state index contributed by atoms with van der Waals surface area (Å²) >= 11 is 0. The van der Waals surface area contributed by atoms with Crippen LogP contribution in [0.1, 0.15) is 13.8 Å². The Balaban J connectivity index is 1.67. The van der Waals surface area contributed by atoms with E-state index in [1.165, 1.54) is 0 Å². The highest BCUT2D eigenvalue weighted by Gasteiger charge is 2.13. The number of amides is 1. The van der Waals surface area contributed by atoms with Gasteiger partial charge >= 0.3 is 0 Å². The predicted molar refractivity (Wildman–Crippen MR) is 83.6 cm³/mol. The Labute approximate surface area is 128 Å². The quantitative estimate of drug-likeness (QED) is 0.907. The van der Waals surface area contributed by atoms with E-state index in [0.29, 0.717) is 5.82 Å². The highest BCUT2D eigenvalue weighted by molar-refractivity contribution is 5.91. The fourth-order valence-corrected chi connectivity index (χ4v) is 1.95. The summed E-state index contributed by atoms with van der Waals surface area (Å²) in [4.78, 5) is 15.8. The standard InChI is InChI=1S/C16H17N3O3/c1-10(2)16(20)19-15-6-4-12(8-17-15)18-11-3-5-13-14(7-11)22-9-21-13/h3-8,10,18H,9H2,1-2H3,(H,17,19,20). The van der Waals surface area contributed by atoms with Crippen LogP contribution < -0.4 is 20.1 Å². The molecule has 0 unspecified atom stereocenters. The van der Waals surface area contributed by atoms with Crippen molar-refractivity contribution in [2.75, 3.05) is 17.4 Å². The first-order valence-corrected chi connectivity index (χ1v) is 7.05. The minimum absolute atomic E-state index is 0.0519. The summed E-state index contributed by atoms with van der Waals surface area (Å²) in [6.45, 7) is 3.93. The third-order valence-corrected chi connectivity index (χ3v) is 3.20. The Morgan fingerprint density at radius 1 is 1.14 bits per heavy atom. The molecule has 114 valence electrons. The van der Waals surface area contributed by atoms with Crippen LogP contribution in [0.2, 0.25) is 0 Å². The molecular formula is C16H17N3O3. The van der Waals surface area contributed by atoms with Gasteiger partial charge in [-0.1, -0.05) is 13.8 Å². The van der Waals surface area contributed by atoms with Crippen LogP contribution in [0.4, 0.5) is 17.2 Å². The minimum Gasteiger partial charge on any atom is -0.454 e. The van der Waals surface area contributed by atoms with E-state index < -0.39 is 0 Å². The molecule has 1 amide bonds. The van der Waals surface area contributed by atoms with Crippen LogP contribution in [-0.4, -0.2) is 17.7 Å². The average molecular weight is 299 g/mol. The van der Waals surface area contributed by atoms with Gasteiger partial charge in [0.1, 0.15) is 5.82 Å². The van der Waals surface area contributed by atoms with Crippen LogP contribution in [0.15, 0.2) is 36.5 Å². The number of carbonyl (C=O) groups is 1. The summed E-state index contributed by atoms with van der Waals surface area (Å²) in [5.74, 6) is 1.88. The Bertz CT molecular complexity index is 684. The molecule has 0 spiro atoms. The fraction of sp³-hybridized carbons (Fsp3) is 0.250. The Morgan fingerprint density at radius 2 is 1.91 bits per heavy atom. The summed E-state index contributed by atoms with van der Waals surface area (Å²) in [5, 5.41) is 5.98. The lowest BCUT2D eigenvalue weighted by atomic mass is 10.2. The van der Waals surface area contributed by atoms with Crippen molar-refractivity contribution in [3.05, 3.63) is 36.5 Å². The molecule has 1 aromatic carbocycles. The van der Waals surface area contributed by atoms with Gasteiger partial charge in [0.2, 0.25) is 12.7 Å². The Morgan fingerprint density at radius 3 is 2.64 bits per heavy atom. The van der Waals surface area contributed by atoms with Crippen molar-refractivity contribution in [1.29, 1.82) is 0 Å². The molecule has 0 atom stereocenters. The number of fused-ring (bicyclic) bond motifs is 1. The second kappa shape index (κ2) is 5.93. The number of pyridine rings is 1. The summed E-state index contributed by atoms with van der Waals surface area (Å²) < 4.78 is 10.6. The largest absolute Gasteiger partial charge is 0.454 e. The molecule has 0 fully saturated rings. The first-order valence-electron chi connectivity index (χ1n) is 7.05. The molecule has 6 nitrogen and oxygen atoms in total. The third kappa shape index (κ3) is 3.11. The van der Waals surface area contributed by atoms with Crippen LogP contribution in [0.3, 0.4) is 0 Å². The molecule has 6 heteroatoms. The molecule has 0 aliphatic carbocycles. The van der Waals surface area contributed by atoms with Crippen molar-refractivity contribution in [2.24, 2.45) is 5.92 Å². The summed E-state index contributed by atoms with van der Waals surface area (Å²) in [7, 11) is 0. The van der Waals surface area contributed by atoms with Gasteiger partial charge in [0, 0.05) is 17.7 Å². The second-order valence-electron chi connectivity index (χ2n) is 5.27. The number of aromatic nitrogens is 1. The van der Waals surface area contributed by atoms with E-state index in [9.17, 15) is 4.79 Å². The molecule has 0 radical (unpaired) electrons. The number of rotatable bonds is 4. The normalized spacial score (nSPS) is 12.3. The van der Waals surface area contributed by atoms with Gasteiger partial charge in [-0.05, 0) is 24.3 Å². The van der Waals surface area contributed by atoms with Crippen LogP contribution in [0, 0.1) is 5.92 Å². The molecule has 2 aromatic rings. The fourth-order valence-electron chi connectivity index (χ4n) is 1.95. The molecule has 1 aliphatic rings. The molecule has 0 bridgehead atoms. The Kier molecular flexibility index (Phi) is 3.82. The van der Waals surface area contributed by atoms with Crippen LogP contribution in [0.5, 0.6) is 11.5 Å². The monoisotopic (exact) mass is 299 g/mol. The molecular weight excluding hydrogens is 282 g/mol. The van der Waals surface area contributed by atoms with E-state index in [1.54, 1.807) is 12.3 Å². The van der Waals surface area contributed by atoms with Gasteiger partial charge in [0.25, 0.3) is 0 Å². The van der Waals surface area contributed by atoms with E-state index in [4.69, 9.17) is 9.47 Å². The third-order valence-electron chi connectivity index (χ3n) is 3.20. The molecule has 2 N–H and O–H groups in total. The highest BCUT2D eigenvalue weighted by atomic mass is 16.7. The van der Waals surface area contributed by atoms with Crippen LogP contribution in [-0.2, 0) is 4.79 Å². The maximum absolute atomic E-state index is 11.6. The molecule has 0 saturated carbocycles. The van der Waals surface area contributed by atoms with Crippen molar-refractivity contribution in [3.8, 4) is 11.5 Å². The zero-order valence-electron chi connectivity index (χ0n) is 12.4. The summed E-state index contributed by atoms with van der Waals surface area (Å²) in [5.41, 5.74) is 1.70. The number of benzene rings is 1. The molecule has 1 aliphatic heterocycles. The maximum atomic E-state index is 11.6. The molecule has 0 saturated heterocycles. The van der Waals surface area contributed by atoms with Gasteiger partial charge in [-0.2, -0.15) is 0 Å². The second-order valence-corrected chi connectivity index (χ2v) is 5.27. The topological polar surface area (TPSA) is 72.5 Å². The number of nitrogens with one attached hydrogen (secondary N) is 2. The number of ether oxygens (including phenoxy) is 2. The lowest BCUT2D eigenvalue weighted by Crippen LogP contribution is -2.18. The molecule has 2 heterocycles. The summed E-state index contributed by atoms with van der Waals surface area (Å²) in [6, 6.07) is 9.25. The van der Waals surface area contributed by atoms with Gasteiger partial charge < -0.3 is 20.1 Å². The maximum Gasteiger partial charge on any atom is 0.231 e. The van der Waals surface area contributed by atoms with Crippen molar-refractivity contribution < 1.29 is 14.3 Å². The van der Waals surface area contributed by atoms with Crippen molar-refractivity contribution in [2.45, 2.75) is 13.8 Å². The molecule has 3 rings (SSSR count). The van der Waals surface area contributed by atoms with Crippen molar-refractivity contribution >= 4 is 23.1 Å². The van der Waals surface area contributed by atoms with Gasteiger partial charge in [-0.15, -0.1) is 0 Å². The lowest BCUT2D eigenvalue weighted by molar-refractivity contribution is -0.118. The smallest absolute Gasteiger partial charge is 0.231 e. The van der Waals surface area contributed by atoms with Gasteiger partial charge in [-0.3, -0.25) is 4.79 Å². The number of nitrogens with zero attached hydrogens (tertiary/aromatic N) is 1. The van der Waals surface area contributed by atoms with Crippen LogP contribution in [0.25, 0.3) is 0 Å². The SMILES string of the molecule is CC(C)C(=O)Nc1ccc(Nc2ccc3c(c2)OCO3)cn1. The lowest BCUT2D eigenvalue weighted by Gasteiger charge is -2.09. The van der Waals surface area contributed by atoms with Gasteiger partial charge in [0.15, 0.2) is 11.5 Å². The van der Waals surface area contributed by atoms with Crippen LogP contribution >= 0.6 is 0 Å². The average Bonchev–Trinajstić information content (AvgIpc) is 2.96. The zero-order valence-corrected chi connectivity index (χ0v) is 12.4. The van der Waals surface area contributed by atoms with E-state index in [0.717, 1.165) is 22.9 Å². The minimum atomic E-state index is -0.0757. The zero-order chi connectivity index (χ0) is 15.5. The predicted octanol–water partition coefficient (Wildman–Crippen LogP) is 3.15. The number of hydrogen-bond acceptors (Lipinski definition) is 5. The number of hydrogen-bond donors (Lipinski definition) is 2. The molecule has 22 heavy (non-hydrogen) atoms. The Hall–Kier alpha value is -2.76. The number of carbonyl (C=O) groups excluding carboxylic acids is 1. The van der Waals surface area contributed by atoms with Gasteiger partial charge in [-0.25, -0.2) is 4.98 Å². The summed E-state index contributed by atoms with van der Waals surface area (Å²) in [6.07, 6.45) is 1.67.